The first-order valence-electron chi connectivity index (χ1n) is 8.41. The molecule has 0 radical (unpaired) electrons. The highest BCUT2D eigenvalue weighted by atomic mass is 35.5. The molecule has 142 valence electrons. The highest BCUT2D eigenvalue weighted by molar-refractivity contribution is 6.31. The monoisotopic (exact) mass is 388 g/mol. The van der Waals surface area contributed by atoms with E-state index in [1.807, 2.05) is 26.0 Å². The van der Waals surface area contributed by atoms with E-state index in [4.69, 9.17) is 16.3 Å². The van der Waals surface area contributed by atoms with Crippen LogP contribution < -0.4 is 10.6 Å². The first-order chi connectivity index (χ1) is 12.8. The summed E-state index contributed by atoms with van der Waals surface area (Å²) in [6.45, 7) is 3.35. The quantitative estimate of drug-likeness (QED) is 0.705. The van der Waals surface area contributed by atoms with E-state index < -0.39 is 18.5 Å². The second-order valence-corrected chi connectivity index (χ2v) is 6.52. The van der Waals surface area contributed by atoms with Crippen LogP contribution in [0.3, 0.4) is 0 Å². The minimum absolute atomic E-state index is 0.0261. The highest BCUT2D eigenvalue weighted by Crippen LogP contribution is 2.20. The Bertz CT molecular complexity index is 834. The van der Waals surface area contributed by atoms with E-state index in [0.29, 0.717) is 16.4 Å². The number of aryl methyl sites for hydroxylation is 2. The maximum Gasteiger partial charge on any atom is 0.306 e. The van der Waals surface area contributed by atoms with Gasteiger partial charge in [-0.05, 0) is 43.7 Å². The first-order valence-corrected chi connectivity index (χ1v) is 8.79. The standard InChI is InChI=1S/C20H21ClN2O4/c1-13-3-7-16(8-4-13)22-18(24)9-10-20(26)27-12-19(25)23-17-11-15(21)6-5-14(17)2/h3-8,11H,9-10,12H2,1-2H3,(H,22,24)(H,23,25). The highest BCUT2D eigenvalue weighted by Gasteiger charge is 2.12. The van der Waals surface area contributed by atoms with Crippen LogP contribution in [0.15, 0.2) is 42.5 Å². The summed E-state index contributed by atoms with van der Waals surface area (Å²) in [6.07, 6.45) is -0.136. The molecule has 0 saturated carbocycles. The topological polar surface area (TPSA) is 84.5 Å². The minimum atomic E-state index is -0.618. The minimum Gasteiger partial charge on any atom is -0.456 e. The number of esters is 1. The molecule has 0 unspecified atom stereocenters. The number of nitrogens with one attached hydrogen (secondary N) is 2. The molecule has 6 nitrogen and oxygen atoms in total. The van der Waals surface area contributed by atoms with E-state index in [9.17, 15) is 14.4 Å². The van der Waals surface area contributed by atoms with Crippen molar-refractivity contribution in [2.75, 3.05) is 17.2 Å². The SMILES string of the molecule is Cc1ccc(NC(=O)CCC(=O)OCC(=O)Nc2cc(Cl)ccc2C)cc1. The molecule has 0 atom stereocenters. The van der Waals surface area contributed by atoms with Crippen LogP contribution >= 0.6 is 11.6 Å². The fourth-order valence-electron chi connectivity index (χ4n) is 2.21. The summed E-state index contributed by atoms with van der Waals surface area (Å²) in [6, 6.07) is 12.4. The lowest BCUT2D eigenvalue weighted by Gasteiger charge is -2.09. The molecular weight excluding hydrogens is 368 g/mol. The Morgan fingerprint density at radius 3 is 2.33 bits per heavy atom. The Kier molecular flexibility index (Phi) is 7.37. The predicted molar refractivity (Wildman–Crippen MR) is 105 cm³/mol. The summed E-state index contributed by atoms with van der Waals surface area (Å²) in [5, 5.41) is 5.82. The molecule has 0 aliphatic heterocycles. The van der Waals surface area contributed by atoms with Gasteiger partial charge in [0.25, 0.3) is 5.91 Å². The van der Waals surface area contributed by atoms with Crippen molar-refractivity contribution in [2.45, 2.75) is 26.7 Å². The lowest BCUT2D eigenvalue weighted by atomic mass is 10.2. The zero-order valence-electron chi connectivity index (χ0n) is 15.2. The van der Waals surface area contributed by atoms with Gasteiger partial charge in [-0.3, -0.25) is 14.4 Å². The van der Waals surface area contributed by atoms with Crippen molar-refractivity contribution in [1.82, 2.24) is 0 Å². The third-order valence-corrected chi connectivity index (χ3v) is 3.96. The molecule has 2 N–H and O–H groups in total. The molecule has 7 heteroatoms. The van der Waals surface area contributed by atoms with Crippen LogP contribution in [0.1, 0.15) is 24.0 Å². The first kappa shape index (κ1) is 20.5. The Labute approximate surface area is 162 Å². The molecular formula is C20H21ClN2O4. The van der Waals surface area contributed by atoms with E-state index in [1.165, 1.54) is 0 Å². The van der Waals surface area contributed by atoms with E-state index in [2.05, 4.69) is 10.6 Å². The summed E-state index contributed by atoms with van der Waals surface area (Å²) in [7, 11) is 0. The number of rotatable bonds is 7. The van der Waals surface area contributed by atoms with Crippen LogP contribution in [0.2, 0.25) is 5.02 Å². The number of amides is 2. The lowest BCUT2D eigenvalue weighted by Crippen LogP contribution is -2.22. The smallest absolute Gasteiger partial charge is 0.306 e. The maximum atomic E-state index is 11.9. The van der Waals surface area contributed by atoms with Gasteiger partial charge in [-0.15, -0.1) is 0 Å². The summed E-state index contributed by atoms with van der Waals surface area (Å²) in [5.41, 5.74) is 3.14. The van der Waals surface area contributed by atoms with Gasteiger partial charge in [0.1, 0.15) is 0 Å². The van der Waals surface area contributed by atoms with Gasteiger partial charge in [0.15, 0.2) is 6.61 Å². The summed E-state index contributed by atoms with van der Waals surface area (Å²) >= 11 is 5.89. The largest absolute Gasteiger partial charge is 0.456 e. The Hall–Kier alpha value is -2.86. The van der Waals surface area contributed by atoms with E-state index >= 15 is 0 Å². The van der Waals surface area contributed by atoms with Crippen molar-refractivity contribution in [2.24, 2.45) is 0 Å². The van der Waals surface area contributed by atoms with Gasteiger partial charge in [0, 0.05) is 22.8 Å². The normalized spacial score (nSPS) is 10.2. The van der Waals surface area contributed by atoms with E-state index in [1.54, 1.807) is 30.3 Å². The van der Waals surface area contributed by atoms with Gasteiger partial charge >= 0.3 is 5.97 Å². The molecule has 0 aromatic heterocycles. The molecule has 0 aliphatic carbocycles. The van der Waals surface area contributed by atoms with Crippen LogP contribution in [-0.2, 0) is 19.1 Å². The van der Waals surface area contributed by atoms with E-state index in [-0.39, 0.29) is 18.7 Å². The number of hydrogen-bond acceptors (Lipinski definition) is 4. The number of halogens is 1. The number of hydrogen-bond donors (Lipinski definition) is 2. The van der Waals surface area contributed by atoms with Crippen molar-refractivity contribution in [3.63, 3.8) is 0 Å². The van der Waals surface area contributed by atoms with Crippen molar-refractivity contribution in [3.05, 3.63) is 58.6 Å². The molecule has 2 aromatic carbocycles. The summed E-state index contributed by atoms with van der Waals surface area (Å²) in [4.78, 5) is 35.4. The summed E-state index contributed by atoms with van der Waals surface area (Å²) in [5.74, 6) is -1.39. The van der Waals surface area contributed by atoms with Crippen LogP contribution in [0.5, 0.6) is 0 Å². The Morgan fingerprint density at radius 2 is 1.63 bits per heavy atom. The van der Waals surface area contributed by atoms with Crippen molar-refractivity contribution in [1.29, 1.82) is 0 Å². The molecule has 2 amide bonds. The molecule has 0 aliphatic rings. The van der Waals surface area contributed by atoms with Gasteiger partial charge in [-0.1, -0.05) is 35.4 Å². The zero-order chi connectivity index (χ0) is 19.8. The van der Waals surface area contributed by atoms with Crippen LogP contribution in [0, 0.1) is 13.8 Å². The van der Waals surface area contributed by atoms with Crippen LogP contribution in [0.4, 0.5) is 11.4 Å². The molecule has 2 rings (SSSR count). The molecule has 0 heterocycles. The zero-order valence-corrected chi connectivity index (χ0v) is 15.9. The average molecular weight is 389 g/mol. The molecule has 2 aromatic rings. The third kappa shape index (κ3) is 7.11. The van der Waals surface area contributed by atoms with Gasteiger partial charge in [-0.2, -0.15) is 0 Å². The predicted octanol–water partition coefficient (Wildman–Crippen LogP) is 3.86. The number of carbonyl (C=O) groups excluding carboxylic acids is 3. The maximum absolute atomic E-state index is 11.9. The number of benzene rings is 2. The molecule has 0 saturated heterocycles. The Morgan fingerprint density at radius 1 is 0.926 bits per heavy atom. The van der Waals surface area contributed by atoms with Crippen LogP contribution in [0.25, 0.3) is 0 Å². The lowest BCUT2D eigenvalue weighted by molar-refractivity contribution is -0.147. The number of anilines is 2. The van der Waals surface area contributed by atoms with Crippen molar-refractivity contribution in [3.8, 4) is 0 Å². The van der Waals surface area contributed by atoms with E-state index in [0.717, 1.165) is 11.1 Å². The number of ether oxygens (including phenoxy) is 1. The fourth-order valence-corrected chi connectivity index (χ4v) is 2.38. The Balaban J connectivity index is 1.70. The van der Waals surface area contributed by atoms with Crippen molar-refractivity contribution < 1.29 is 19.1 Å². The van der Waals surface area contributed by atoms with Crippen LogP contribution in [-0.4, -0.2) is 24.4 Å². The third-order valence-electron chi connectivity index (χ3n) is 3.73. The molecule has 0 spiro atoms. The van der Waals surface area contributed by atoms with Gasteiger partial charge < -0.3 is 15.4 Å². The summed E-state index contributed by atoms with van der Waals surface area (Å²) < 4.78 is 4.90. The van der Waals surface area contributed by atoms with Gasteiger partial charge in [0.2, 0.25) is 5.91 Å². The molecule has 27 heavy (non-hydrogen) atoms. The molecule has 0 fully saturated rings. The van der Waals surface area contributed by atoms with Gasteiger partial charge in [0.05, 0.1) is 6.42 Å². The van der Waals surface area contributed by atoms with Gasteiger partial charge in [-0.25, -0.2) is 0 Å². The second-order valence-electron chi connectivity index (χ2n) is 6.08. The average Bonchev–Trinajstić information content (AvgIpc) is 2.63. The molecule has 0 bridgehead atoms. The second kappa shape index (κ2) is 9.73. The van der Waals surface area contributed by atoms with Crippen molar-refractivity contribution >= 4 is 40.8 Å². The fraction of sp³-hybridized carbons (Fsp3) is 0.250. The number of carbonyl (C=O) groups is 3.